The fraction of sp³-hybridized carbons (Fsp3) is 0.400. The fourth-order valence-electron chi connectivity index (χ4n) is 0.989. The van der Waals surface area contributed by atoms with Crippen LogP contribution >= 0.6 is 35.3 Å². The molecule has 94 valence electrons. The average Bonchev–Trinajstić information content (AvgIpc) is 2.74. The molecule has 0 unspecified atom stereocenters. The summed E-state index contributed by atoms with van der Waals surface area (Å²) >= 11 is 8.02. The minimum atomic E-state index is 0.0612. The van der Waals surface area contributed by atoms with Gasteiger partial charge in [0.1, 0.15) is 9.32 Å². The van der Waals surface area contributed by atoms with E-state index in [1.165, 1.54) is 23.1 Å². The Balaban J connectivity index is 2.55. The highest BCUT2D eigenvalue weighted by atomic mass is 32.2. The van der Waals surface area contributed by atoms with Gasteiger partial charge in [-0.05, 0) is 19.1 Å². The third-order valence-electron chi connectivity index (χ3n) is 1.91. The lowest BCUT2D eigenvalue weighted by Gasteiger charge is -2.18. The summed E-state index contributed by atoms with van der Waals surface area (Å²) < 4.78 is 0.781. The molecule has 1 aromatic rings. The second-order valence-corrected chi connectivity index (χ2v) is 6.24. The number of Topliss-reactive ketones (excluding diaryl/α,β-unsaturated/α-hetero) is 1. The summed E-state index contributed by atoms with van der Waals surface area (Å²) in [5, 5.41) is 2.46. The van der Waals surface area contributed by atoms with E-state index in [9.17, 15) is 4.79 Å². The van der Waals surface area contributed by atoms with Crippen LogP contribution in [0.3, 0.4) is 0 Å². The van der Waals surface area contributed by atoms with Gasteiger partial charge in [-0.25, -0.2) is 5.84 Å². The third-order valence-corrected chi connectivity index (χ3v) is 4.88. The summed E-state index contributed by atoms with van der Waals surface area (Å²) in [5.74, 6) is 6.52. The standard InChI is InChI=1S/C10H15N3OS3/c1-7(14)8-4-5-9(17-8)13(11)6-16-10(15)12(2)3/h4-5H,6,11H2,1-3H3. The van der Waals surface area contributed by atoms with Gasteiger partial charge >= 0.3 is 0 Å². The maximum atomic E-state index is 11.2. The van der Waals surface area contributed by atoms with E-state index in [2.05, 4.69) is 0 Å². The highest BCUT2D eigenvalue weighted by Gasteiger charge is 2.09. The Morgan fingerprint density at radius 1 is 1.53 bits per heavy atom. The van der Waals surface area contributed by atoms with E-state index in [1.807, 2.05) is 25.1 Å². The topological polar surface area (TPSA) is 49.6 Å². The predicted octanol–water partition coefficient (Wildman–Crippen LogP) is 2.17. The second-order valence-electron chi connectivity index (χ2n) is 3.60. The van der Waals surface area contributed by atoms with Crippen LogP contribution in [0.2, 0.25) is 0 Å². The number of hydrazine groups is 1. The van der Waals surface area contributed by atoms with Gasteiger partial charge in [0.15, 0.2) is 5.78 Å². The average molecular weight is 289 g/mol. The van der Waals surface area contributed by atoms with E-state index in [0.717, 1.165) is 14.2 Å². The van der Waals surface area contributed by atoms with Crippen LogP contribution in [0.1, 0.15) is 16.6 Å². The zero-order valence-electron chi connectivity index (χ0n) is 9.97. The first-order valence-electron chi connectivity index (χ1n) is 4.89. The number of carbonyl (C=O) groups is 1. The Bertz CT molecular complexity index is 417. The van der Waals surface area contributed by atoms with Crippen molar-refractivity contribution in [2.24, 2.45) is 5.84 Å². The number of thioether (sulfide) groups is 1. The van der Waals surface area contributed by atoms with Crippen LogP contribution < -0.4 is 10.9 Å². The van der Waals surface area contributed by atoms with Crippen molar-refractivity contribution in [1.82, 2.24) is 4.90 Å². The maximum absolute atomic E-state index is 11.2. The minimum absolute atomic E-state index is 0.0612. The van der Waals surface area contributed by atoms with E-state index < -0.39 is 0 Å². The zero-order valence-corrected chi connectivity index (χ0v) is 12.4. The van der Waals surface area contributed by atoms with E-state index >= 15 is 0 Å². The number of ketones is 1. The van der Waals surface area contributed by atoms with Crippen LogP contribution in [0.15, 0.2) is 12.1 Å². The van der Waals surface area contributed by atoms with Crippen molar-refractivity contribution in [3.8, 4) is 0 Å². The van der Waals surface area contributed by atoms with E-state index in [4.69, 9.17) is 18.1 Å². The highest BCUT2D eigenvalue weighted by Crippen LogP contribution is 2.25. The summed E-state index contributed by atoms with van der Waals surface area (Å²) in [5.41, 5.74) is 0. The lowest BCUT2D eigenvalue weighted by molar-refractivity contribution is 0.102. The monoisotopic (exact) mass is 289 g/mol. The number of nitrogens with two attached hydrogens (primary N) is 1. The number of carbonyl (C=O) groups excluding carboxylic acids is 1. The van der Waals surface area contributed by atoms with Gasteiger partial charge in [0.25, 0.3) is 0 Å². The molecule has 4 nitrogen and oxygen atoms in total. The number of thiophene rings is 1. The van der Waals surface area contributed by atoms with Gasteiger partial charge in [0.05, 0.1) is 10.8 Å². The zero-order chi connectivity index (χ0) is 13.0. The molecule has 1 rings (SSSR count). The Morgan fingerprint density at radius 3 is 2.65 bits per heavy atom. The van der Waals surface area contributed by atoms with Crippen molar-refractivity contribution < 1.29 is 4.79 Å². The molecule has 0 fully saturated rings. The van der Waals surface area contributed by atoms with Crippen LogP contribution in [-0.2, 0) is 0 Å². The number of thiocarbonyl (C=S) groups is 1. The smallest absolute Gasteiger partial charge is 0.169 e. The first kappa shape index (κ1) is 14.4. The Hall–Kier alpha value is -0.630. The van der Waals surface area contributed by atoms with Gasteiger partial charge in [-0.1, -0.05) is 24.0 Å². The number of rotatable bonds is 4. The summed E-state index contributed by atoms with van der Waals surface area (Å²) in [7, 11) is 3.80. The van der Waals surface area contributed by atoms with Crippen molar-refractivity contribution in [2.75, 3.05) is 25.0 Å². The molecule has 0 aliphatic rings. The first-order valence-corrected chi connectivity index (χ1v) is 7.10. The molecule has 0 radical (unpaired) electrons. The number of anilines is 1. The van der Waals surface area contributed by atoms with Crippen molar-refractivity contribution in [3.63, 3.8) is 0 Å². The summed E-state index contributed by atoms with van der Waals surface area (Å²) in [6, 6.07) is 3.64. The molecular weight excluding hydrogens is 274 g/mol. The molecule has 0 aliphatic carbocycles. The molecule has 17 heavy (non-hydrogen) atoms. The lowest BCUT2D eigenvalue weighted by Crippen LogP contribution is -2.31. The molecule has 0 amide bonds. The highest BCUT2D eigenvalue weighted by molar-refractivity contribution is 8.22. The molecule has 2 N–H and O–H groups in total. The first-order chi connectivity index (χ1) is 7.91. The van der Waals surface area contributed by atoms with Gasteiger partial charge in [-0.15, -0.1) is 11.3 Å². The van der Waals surface area contributed by atoms with Crippen molar-refractivity contribution in [2.45, 2.75) is 6.92 Å². The van der Waals surface area contributed by atoms with Crippen LogP contribution in [0.25, 0.3) is 0 Å². The van der Waals surface area contributed by atoms with Crippen molar-refractivity contribution in [3.05, 3.63) is 17.0 Å². The Morgan fingerprint density at radius 2 is 2.18 bits per heavy atom. The van der Waals surface area contributed by atoms with E-state index in [1.54, 1.807) is 18.0 Å². The van der Waals surface area contributed by atoms with E-state index in [-0.39, 0.29) is 5.78 Å². The Kier molecular flexibility index (Phi) is 5.38. The summed E-state index contributed by atoms with van der Waals surface area (Å²) in [6.45, 7) is 1.55. The molecule has 0 spiro atoms. The number of hydrogen-bond donors (Lipinski definition) is 1. The van der Waals surface area contributed by atoms with Crippen LogP contribution in [0.4, 0.5) is 5.00 Å². The van der Waals surface area contributed by atoms with Crippen LogP contribution in [0.5, 0.6) is 0 Å². The van der Waals surface area contributed by atoms with E-state index in [0.29, 0.717) is 5.88 Å². The van der Waals surface area contributed by atoms with Crippen LogP contribution in [-0.4, -0.2) is 35.0 Å². The molecule has 0 bridgehead atoms. The summed E-state index contributed by atoms with van der Waals surface area (Å²) in [6.07, 6.45) is 0. The third kappa shape index (κ3) is 4.27. The van der Waals surface area contributed by atoms with Gasteiger partial charge in [-0.3, -0.25) is 9.80 Å². The molecule has 7 heteroatoms. The Labute approximate surface area is 115 Å². The predicted molar refractivity (Wildman–Crippen MR) is 79.7 cm³/mol. The quantitative estimate of drug-likeness (QED) is 0.301. The molecule has 0 saturated carbocycles. The van der Waals surface area contributed by atoms with Gasteiger partial charge in [-0.2, -0.15) is 0 Å². The fourth-order valence-corrected chi connectivity index (χ4v) is 2.70. The molecule has 1 heterocycles. The van der Waals surface area contributed by atoms with Crippen molar-refractivity contribution in [1.29, 1.82) is 0 Å². The lowest BCUT2D eigenvalue weighted by atomic mass is 10.4. The molecule has 0 aromatic carbocycles. The number of hydrogen-bond acceptors (Lipinski definition) is 6. The normalized spacial score (nSPS) is 10.1. The summed E-state index contributed by atoms with van der Waals surface area (Å²) in [4.78, 5) is 13.7. The molecule has 0 atom stereocenters. The minimum Gasteiger partial charge on any atom is -0.364 e. The number of nitrogens with zero attached hydrogens (tertiary/aromatic N) is 2. The second kappa shape index (κ2) is 6.34. The molecular formula is C10H15N3OS3. The molecule has 1 aromatic heterocycles. The van der Waals surface area contributed by atoms with Gasteiger partial charge < -0.3 is 4.90 Å². The maximum Gasteiger partial charge on any atom is 0.169 e. The van der Waals surface area contributed by atoms with Gasteiger partial charge in [0, 0.05) is 14.1 Å². The molecule has 0 saturated heterocycles. The SMILES string of the molecule is CC(=O)c1ccc(N(N)CSC(=S)N(C)C)s1. The van der Waals surface area contributed by atoms with Gasteiger partial charge in [0.2, 0.25) is 0 Å². The largest absolute Gasteiger partial charge is 0.364 e. The van der Waals surface area contributed by atoms with Crippen molar-refractivity contribution >= 4 is 50.4 Å². The molecule has 0 aliphatic heterocycles. The van der Waals surface area contributed by atoms with Crippen LogP contribution in [0, 0.1) is 0 Å².